The van der Waals surface area contributed by atoms with Crippen molar-refractivity contribution in [1.82, 2.24) is 10.4 Å². The molecule has 0 saturated heterocycles. The number of benzene rings is 2. The van der Waals surface area contributed by atoms with Crippen LogP contribution in [0.1, 0.15) is 16.7 Å². The minimum Gasteiger partial charge on any atom is -0.483 e. The van der Waals surface area contributed by atoms with Crippen molar-refractivity contribution < 1.29 is 14.5 Å². The Kier molecular flexibility index (Phi) is 5.16. The summed E-state index contributed by atoms with van der Waals surface area (Å²) in [5, 5.41) is 15.8. The molecule has 0 saturated carbocycles. The largest absolute Gasteiger partial charge is 0.483 e. The molecule has 2 aromatic carbocycles. The van der Waals surface area contributed by atoms with Crippen molar-refractivity contribution in [3.05, 3.63) is 69.4 Å². The predicted molar refractivity (Wildman–Crippen MR) is 102 cm³/mol. The number of rotatable bonds is 6. The predicted octanol–water partition coefficient (Wildman–Crippen LogP) is 3.22. The fraction of sp³-hybridized carbons (Fsp3) is 0.158. The summed E-state index contributed by atoms with van der Waals surface area (Å²) in [6.07, 6.45) is 3.40. The topological polar surface area (TPSA) is 110 Å². The monoisotopic (exact) mass is 366 g/mol. The Labute approximate surface area is 155 Å². The van der Waals surface area contributed by atoms with Crippen LogP contribution in [0.5, 0.6) is 5.75 Å². The van der Waals surface area contributed by atoms with E-state index in [0.717, 1.165) is 16.5 Å². The number of aromatic nitrogens is 1. The fourth-order valence-corrected chi connectivity index (χ4v) is 2.83. The molecule has 0 atom stereocenters. The Hall–Kier alpha value is -3.68. The molecule has 0 spiro atoms. The number of fused-ring (bicyclic) bond motifs is 1. The molecule has 2 N–H and O–H groups in total. The summed E-state index contributed by atoms with van der Waals surface area (Å²) >= 11 is 0. The lowest BCUT2D eigenvalue weighted by Gasteiger charge is -2.11. The summed E-state index contributed by atoms with van der Waals surface area (Å²) in [5.74, 6) is 0.0291. The second-order valence-corrected chi connectivity index (χ2v) is 6.03. The van der Waals surface area contributed by atoms with Crippen LogP contribution in [0, 0.1) is 24.0 Å². The van der Waals surface area contributed by atoms with Gasteiger partial charge in [-0.1, -0.05) is 12.1 Å². The fourth-order valence-electron chi connectivity index (χ4n) is 2.83. The highest BCUT2D eigenvalue weighted by Crippen LogP contribution is 2.28. The highest BCUT2D eigenvalue weighted by Gasteiger charge is 2.14. The summed E-state index contributed by atoms with van der Waals surface area (Å²) in [6, 6.07) is 10.5. The molecule has 138 valence electrons. The Bertz CT molecular complexity index is 1020. The third-order valence-corrected chi connectivity index (χ3v) is 4.03. The van der Waals surface area contributed by atoms with Crippen molar-refractivity contribution in [3.63, 3.8) is 0 Å². The average molecular weight is 366 g/mol. The molecule has 0 unspecified atom stereocenters. The average Bonchev–Trinajstić information content (AvgIpc) is 3.10. The maximum atomic E-state index is 12.0. The number of carbonyl (C=O) groups excluding carboxylic acids is 1. The Morgan fingerprint density at radius 2 is 2.04 bits per heavy atom. The third-order valence-electron chi connectivity index (χ3n) is 4.03. The SMILES string of the molecule is Cc1cc([N+](=O)[O-])cc(C)c1OCC(=O)N/N=C\c1cccc2[nH]ccc12. The van der Waals surface area contributed by atoms with Crippen LogP contribution >= 0.6 is 0 Å². The van der Waals surface area contributed by atoms with Gasteiger partial charge in [-0.25, -0.2) is 5.43 Å². The zero-order chi connectivity index (χ0) is 19.4. The first-order valence-electron chi connectivity index (χ1n) is 8.22. The van der Waals surface area contributed by atoms with Gasteiger partial charge in [-0.05, 0) is 37.1 Å². The molecule has 3 aromatic rings. The standard InChI is InChI=1S/C19H18N4O4/c1-12-8-15(23(25)26)9-13(2)19(12)27-11-18(24)22-21-10-14-4-3-5-17-16(14)6-7-20-17/h3-10,20H,11H2,1-2H3,(H,22,24)/b21-10-. The number of amides is 1. The summed E-state index contributed by atoms with van der Waals surface area (Å²) < 4.78 is 5.51. The summed E-state index contributed by atoms with van der Waals surface area (Å²) in [5.41, 5.74) is 5.45. The summed E-state index contributed by atoms with van der Waals surface area (Å²) in [4.78, 5) is 25.5. The van der Waals surface area contributed by atoms with Crippen molar-refractivity contribution in [2.75, 3.05) is 6.61 Å². The number of nitrogens with one attached hydrogen (secondary N) is 2. The molecule has 0 aliphatic carbocycles. The van der Waals surface area contributed by atoms with E-state index < -0.39 is 10.8 Å². The number of non-ortho nitro benzene ring substituents is 1. The quantitative estimate of drug-likeness (QED) is 0.396. The van der Waals surface area contributed by atoms with E-state index in [2.05, 4.69) is 15.5 Å². The number of ether oxygens (including phenoxy) is 1. The van der Waals surface area contributed by atoms with Crippen LogP contribution < -0.4 is 10.2 Å². The molecule has 1 amide bonds. The van der Waals surface area contributed by atoms with Crippen molar-refractivity contribution in [3.8, 4) is 5.75 Å². The van der Waals surface area contributed by atoms with Crippen molar-refractivity contribution in [2.24, 2.45) is 5.10 Å². The van der Waals surface area contributed by atoms with E-state index in [0.29, 0.717) is 16.9 Å². The van der Waals surface area contributed by atoms with E-state index in [9.17, 15) is 14.9 Å². The van der Waals surface area contributed by atoms with Gasteiger partial charge in [-0.15, -0.1) is 0 Å². The van der Waals surface area contributed by atoms with Gasteiger partial charge >= 0.3 is 0 Å². The minimum absolute atomic E-state index is 0.00895. The zero-order valence-electron chi connectivity index (χ0n) is 14.9. The molecule has 0 radical (unpaired) electrons. The molecule has 27 heavy (non-hydrogen) atoms. The first kappa shape index (κ1) is 18.1. The van der Waals surface area contributed by atoms with Crippen LogP contribution in [0.4, 0.5) is 5.69 Å². The number of hydrazone groups is 1. The van der Waals surface area contributed by atoms with Crippen molar-refractivity contribution >= 4 is 28.7 Å². The molecule has 3 rings (SSSR count). The number of H-pyrrole nitrogens is 1. The summed E-state index contributed by atoms with van der Waals surface area (Å²) in [6.45, 7) is 3.15. The van der Waals surface area contributed by atoms with Gasteiger partial charge in [-0.3, -0.25) is 14.9 Å². The lowest BCUT2D eigenvalue weighted by atomic mass is 10.1. The van der Waals surface area contributed by atoms with Gasteiger partial charge in [0.05, 0.1) is 11.1 Å². The number of carbonyl (C=O) groups is 1. The number of hydrogen-bond acceptors (Lipinski definition) is 5. The molecule has 0 fully saturated rings. The lowest BCUT2D eigenvalue weighted by molar-refractivity contribution is -0.385. The first-order valence-corrected chi connectivity index (χ1v) is 8.22. The van der Waals surface area contributed by atoms with Gasteiger partial charge in [0.2, 0.25) is 0 Å². The number of nitrogens with zero attached hydrogens (tertiary/aromatic N) is 2. The van der Waals surface area contributed by atoms with Crippen molar-refractivity contribution in [1.29, 1.82) is 0 Å². The smallest absolute Gasteiger partial charge is 0.277 e. The highest BCUT2D eigenvalue weighted by molar-refractivity contribution is 5.98. The van der Waals surface area contributed by atoms with Crippen LogP contribution in [-0.2, 0) is 4.79 Å². The first-order chi connectivity index (χ1) is 13.0. The van der Waals surface area contributed by atoms with Crippen LogP contribution in [0.25, 0.3) is 10.9 Å². The van der Waals surface area contributed by atoms with Crippen LogP contribution in [0.2, 0.25) is 0 Å². The van der Waals surface area contributed by atoms with Gasteiger partial charge in [0, 0.05) is 34.8 Å². The normalized spacial score (nSPS) is 11.0. The van der Waals surface area contributed by atoms with Crippen LogP contribution in [0.15, 0.2) is 47.7 Å². The molecular formula is C19H18N4O4. The van der Waals surface area contributed by atoms with E-state index >= 15 is 0 Å². The highest BCUT2D eigenvalue weighted by atomic mass is 16.6. The van der Waals surface area contributed by atoms with Gasteiger partial charge in [0.15, 0.2) is 6.61 Å². The van der Waals surface area contributed by atoms with E-state index in [1.807, 2.05) is 30.5 Å². The molecule has 1 aromatic heterocycles. The summed E-state index contributed by atoms with van der Waals surface area (Å²) in [7, 11) is 0. The van der Waals surface area contributed by atoms with Gasteiger partial charge < -0.3 is 9.72 Å². The van der Waals surface area contributed by atoms with Gasteiger partial charge in [0.25, 0.3) is 11.6 Å². The number of aromatic amines is 1. The molecule has 0 aliphatic heterocycles. The molecular weight excluding hydrogens is 348 g/mol. The number of nitro groups is 1. The number of hydrogen-bond donors (Lipinski definition) is 2. The zero-order valence-corrected chi connectivity index (χ0v) is 14.9. The molecule has 8 heteroatoms. The Morgan fingerprint density at radius 1 is 1.30 bits per heavy atom. The van der Waals surface area contributed by atoms with Gasteiger partial charge in [0.1, 0.15) is 5.75 Å². The molecule has 0 bridgehead atoms. The maximum Gasteiger partial charge on any atom is 0.277 e. The maximum absolute atomic E-state index is 12.0. The third kappa shape index (κ3) is 4.12. The second kappa shape index (κ2) is 7.69. The van der Waals surface area contributed by atoms with E-state index in [-0.39, 0.29) is 12.3 Å². The van der Waals surface area contributed by atoms with E-state index in [1.165, 1.54) is 12.1 Å². The van der Waals surface area contributed by atoms with Crippen LogP contribution in [0.3, 0.4) is 0 Å². The second-order valence-electron chi connectivity index (χ2n) is 6.03. The number of aryl methyl sites for hydroxylation is 2. The lowest BCUT2D eigenvalue weighted by Crippen LogP contribution is -2.25. The van der Waals surface area contributed by atoms with E-state index in [1.54, 1.807) is 20.1 Å². The van der Waals surface area contributed by atoms with E-state index in [4.69, 9.17) is 4.74 Å². The Morgan fingerprint density at radius 3 is 2.74 bits per heavy atom. The van der Waals surface area contributed by atoms with Crippen LogP contribution in [-0.4, -0.2) is 28.6 Å². The number of nitro benzene ring substituents is 1. The Balaban J connectivity index is 1.60. The molecule has 1 heterocycles. The molecule has 8 nitrogen and oxygen atoms in total. The van der Waals surface area contributed by atoms with Crippen molar-refractivity contribution in [2.45, 2.75) is 13.8 Å². The molecule has 0 aliphatic rings. The van der Waals surface area contributed by atoms with Gasteiger partial charge in [-0.2, -0.15) is 5.10 Å². The minimum atomic E-state index is -0.462.